The number of amides is 3. The van der Waals surface area contributed by atoms with Crippen molar-refractivity contribution in [2.45, 2.75) is 55.9 Å². The third-order valence-electron chi connectivity index (χ3n) is 5.71. The molecular weight excluding hydrogens is 438 g/mol. The summed E-state index contributed by atoms with van der Waals surface area (Å²) in [5.41, 5.74) is 0.0844. The lowest BCUT2D eigenvalue weighted by atomic mass is 9.96. The molecule has 1 heterocycles. The van der Waals surface area contributed by atoms with Crippen LogP contribution in [-0.4, -0.2) is 67.6 Å². The summed E-state index contributed by atoms with van der Waals surface area (Å²) >= 11 is 0. The van der Waals surface area contributed by atoms with Crippen LogP contribution in [-0.2, 0) is 33.9 Å². The van der Waals surface area contributed by atoms with Crippen LogP contribution in [0.1, 0.15) is 44.9 Å². The smallest absolute Gasteiger partial charge is 0.326 e. The third kappa shape index (κ3) is 5.52. The summed E-state index contributed by atoms with van der Waals surface area (Å²) in [5.74, 6) is -2.56. The number of anilines is 1. The van der Waals surface area contributed by atoms with Crippen LogP contribution in [0.15, 0.2) is 29.2 Å². The number of carbonyl (C=O) groups excluding carboxylic acids is 4. The molecule has 1 aromatic carbocycles. The maximum atomic E-state index is 13.2. The summed E-state index contributed by atoms with van der Waals surface area (Å²) in [6.07, 6.45) is 4.73. The van der Waals surface area contributed by atoms with Gasteiger partial charge in [-0.1, -0.05) is 31.4 Å². The van der Waals surface area contributed by atoms with Gasteiger partial charge in [0.05, 0.1) is 5.69 Å². The van der Waals surface area contributed by atoms with Gasteiger partial charge in [0.2, 0.25) is 21.8 Å². The fraction of sp³-hybridized carbons (Fsp3) is 0.524. The van der Waals surface area contributed by atoms with Gasteiger partial charge in [0, 0.05) is 25.9 Å². The van der Waals surface area contributed by atoms with E-state index in [1.54, 1.807) is 19.2 Å². The summed E-state index contributed by atoms with van der Waals surface area (Å²) in [5, 5.41) is 2.47. The number of likely N-dealkylation sites (tertiary alicyclic amines) is 1. The first-order valence-electron chi connectivity index (χ1n) is 10.6. The monoisotopic (exact) mass is 465 g/mol. The van der Waals surface area contributed by atoms with Crippen molar-refractivity contribution in [3.63, 3.8) is 0 Å². The standard InChI is InChI=1S/C21H27N3O7S/c1-23(15-7-3-2-4-8-15)32(29,30)17-10-6-5-9-16(17)22-18(25)14-31-21(28)13-24-19(26)11-12-20(24)27/h5-6,9-10,15H,2-4,7-8,11-14H2,1H3,(H,22,25). The number of nitrogens with zero attached hydrogens (tertiary/aromatic N) is 2. The van der Waals surface area contributed by atoms with Gasteiger partial charge in [0.1, 0.15) is 11.4 Å². The van der Waals surface area contributed by atoms with Crippen LogP contribution >= 0.6 is 0 Å². The number of rotatable bonds is 8. The number of hydrogen-bond donors (Lipinski definition) is 1. The largest absolute Gasteiger partial charge is 0.454 e. The molecule has 1 aliphatic carbocycles. The Kier molecular flexibility index (Phi) is 7.62. The van der Waals surface area contributed by atoms with E-state index in [0.29, 0.717) is 0 Å². The molecule has 174 valence electrons. The zero-order chi connectivity index (χ0) is 23.3. The molecule has 3 rings (SSSR count). The minimum Gasteiger partial charge on any atom is -0.454 e. The van der Waals surface area contributed by atoms with Crippen LogP contribution in [0.2, 0.25) is 0 Å². The number of ether oxygens (including phenoxy) is 1. The zero-order valence-corrected chi connectivity index (χ0v) is 18.7. The van der Waals surface area contributed by atoms with Crippen LogP contribution in [0.5, 0.6) is 0 Å². The molecule has 1 N–H and O–H groups in total. The van der Waals surface area contributed by atoms with Crippen LogP contribution in [0.4, 0.5) is 5.69 Å². The van der Waals surface area contributed by atoms with E-state index < -0.39 is 46.9 Å². The Morgan fingerprint density at radius 3 is 2.38 bits per heavy atom. The second kappa shape index (κ2) is 10.2. The molecule has 1 aliphatic heterocycles. The van der Waals surface area contributed by atoms with Gasteiger partial charge in [-0.15, -0.1) is 0 Å². The molecule has 1 aromatic rings. The second-order valence-corrected chi connectivity index (χ2v) is 9.86. The highest BCUT2D eigenvalue weighted by Crippen LogP contribution is 2.29. The minimum atomic E-state index is -3.84. The quantitative estimate of drug-likeness (QED) is 0.452. The van der Waals surface area contributed by atoms with Gasteiger partial charge in [0.15, 0.2) is 6.61 Å². The molecule has 2 fully saturated rings. The predicted molar refractivity (Wildman–Crippen MR) is 114 cm³/mol. The molecule has 10 nitrogen and oxygen atoms in total. The van der Waals surface area contributed by atoms with Gasteiger partial charge in [-0.2, -0.15) is 4.31 Å². The minimum absolute atomic E-state index is 0.0407. The summed E-state index contributed by atoms with van der Waals surface area (Å²) in [4.78, 5) is 48.0. The summed E-state index contributed by atoms with van der Waals surface area (Å²) in [6.45, 7) is -1.23. The molecule has 1 saturated heterocycles. The van der Waals surface area contributed by atoms with E-state index in [0.717, 1.165) is 37.0 Å². The third-order valence-corrected chi connectivity index (χ3v) is 7.68. The Labute approximate surface area is 186 Å². The number of esters is 1. The fourth-order valence-corrected chi connectivity index (χ4v) is 5.46. The molecule has 32 heavy (non-hydrogen) atoms. The maximum Gasteiger partial charge on any atom is 0.326 e. The lowest BCUT2D eigenvalue weighted by molar-refractivity contribution is -0.153. The van der Waals surface area contributed by atoms with Gasteiger partial charge in [-0.25, -0.2) is 8.42 Å². The number of sulfonamides is 1. The van der Waals surface area contributed by atoms with E-state index in [1.165, 1.54) is 16.4 Å². The Balaban J connectivity index is 1.61. The summed E-state index contributed by atoms with van der Waals surface area (Å²) in [6, 6.07) is 5.95. The molecule has 0 spiro atoms. The molecule has 0 atom stereocenters. The second-order valence-electron chi connectivity index (χ2n) is 7.89. The van der Waals surface area contributed by atoms with Gasteiger partial charge in [-0.3, -0.25) is 24.1 Å². The SMILES string of the molecule is CN(C1CCCCC1)S(=O)(=O)c1ccccc1NC(=O)COC(=O)CN1C(=O)CCC1=O. The van der Waals surface area contributed by atoms with Crippen molar-refractivity contribution < 1.29 is 32.3 Å². The predicted octanol–water partition coefficient (Wildman–Crippen LogP) is 1.27. The van der Waals surface area contributed by atoms with Gasteiger partial charge < -0.3 is 10.1 Å². The van der Waals surface area contributed by atoms with E-state index in [1.807, 2.05) is 0 Å². The molecular formula is C21H27N3O7S. The lowest BCUT2D eigenvalue weighted by Crippen LogP contribution is -2.38. The number of imide groups is 1. The van der Waals surface area contributed by atoms with Crippen LogP contribution in [0.25, 0.3) is 0 Å². The van der Waals surface area contributed by atoms with Crippen molar-refractivity contribution in [2.24, 2.45) is 0 Å². The summed E-state index contributed by atoms with van der Waals surface area (Å²) in [7, 11) is -2.30. The van der Waals surface area contributed by atoms with E-state index in [4.69, 9.17) is 4.74 Å². The highest BCUT2D eigenvalue weighted by molar-refractivity contribution is 7.89. The topological polar surface area (TPSA) is 130 Å². The van der Waals surface area contributed by atoms with E-state index in [9.17, 15) is 27.6 Å². The Hall–Kier alpha value is -2.79. The van der Waals surface area contributed by atoms with Crippen LogP contribution in [0.3, 0.4) is 0 Å². The lowest BCUT2D eigenvalue weighted by Gasteiger charge is -2.30. The van der Waals surface area contributed by atoms with Gasteiger partial charge in [0.25, 0.3) is 5.91 Å². The highest BCUT2D eigenvalue weighted by atomic mass is 32.2. The number of nitrogens with one attached hydrogen (secondary N) is 1. The first-order chi connectivity index (χ1) is 15.2. The Morgan fingerprint density at radius 2 is 1.72 bits per heavy atom. The van der Waals surface area contributed by atoms with Crippen LogP contribution in [0, 0.1) is 0 Å². The fourth-order valence-electron chi connectivity index (χ4n) is 3.90. The molecule has 0 radical (unpaired) electrons. The van der Waals surface area contributed by atoms with Crippen molar-refractivity contribution >= 4 is 39.4 Å². The molecule has 0 unspecified atom stereocenters. The van der Waals surface area contributed by atoms with Crippen LogP contribution < -0.4 is 5.32 Å². The molecule has 3 amide bonds. The van der Waals surface area contributed by atoms with Gasteiger partial charge in [-0.05, 0) is 25.0 Å². The Morgan fingerprint density at radius 1 is 1.09 bits per heavy atom. The van der Waals surface area contributed by atoms with Crippen molar-refractivity contribution in [3.8, 4) is 0 Å². The maximum absolute atomic E-state index is 13.2. The highest BCUT2D eigenvalue weighted by Gasteiger charge is 2.32. The number of hydrogen-bond acceptors (Lipinski definition) is 7. The zero-order valence-electron chi connectivity index (χ0n) is 17.9. The molecule has 2 aliphatic rings. The Bertz CT molecular complexity index is 986. The molecule has 1 saturated carbocycles. The first-order valence-corrected chi connectivity index (χ1v) is 12.0. The first kappa shape index (κ1) is 23.9. The molecule has 0 aromatic heterocycles. The average molecular weight is 466 g/mol. The van der Waals surface area contributed by atoms with Crippen molar-refractivity contribution in [1.29, 1.82) is 0 Å². The van der Waals surface area contributed by atoms with Crippen molar-refractivity contribution in [1.82, 2.24) is 9.21 Å². The van der Waals surface area contributed by atoms with E-state index in [-0.39, 0.29) is 29.5 Å². The van der Waals surface area contributed by atoms with Crippen molar-refractivity contribution in [3.05, 3.63) is 24.3 Å². The van der Waals surface area contributed by atoms with E-state index in [2.05, 4.69) is 5.32 Å². The molecule has 0 bridgehead atoms. The number of para-hydroxylation sites is 1. The summed E-state index contributed by atoms with van der Waals surface area (Å²) < 4.78 is 32.6. The normalized spacial score (nSPS) is 17.6. The number of carbonyl (C=O) groups is 4. The molecule has 11 heteroatoms. The van der Waals surface area contributed by atoms with E-state index >= 15 is 0 Å². The average Bonchev–Trinajstić information content (AvgIpc) is 3.10. The van der Waals surface area contributed by atoms with Gasteiger partial charge >= 0.3 is 5.97 Å². The number of benzene rings is 1. The van der Waals surface area contributed by atoms with Crippen molar-refractivity contribution in [2.75, 3.05) is 25.5 Å².